The van der Waals surface area contributed by atoms with Gasteiger partial charge in [0.05, 0.1) is 12.3 Å². The van der Waals surface area contributed by atoms with Crippen molar-refractivity contribution in [3.8, 4) is 0 Å². The molecule has 0 saturated carbocycles. The Morgan fingerprint density at radius 2 is 2.10 bits per heavy atom. The van der Waals surface area contributed by atoms with Crippen LogP contribution in [-0.2, 0) is 20.9 Å². The maximum Gasteiger partial charge on any atom is 0.240 e. The number of hydrogen-bond donors (Lipinski definition) is 1. The van der Waals surface area contributed by atoms with Crippen LogP contribution in [0.1, 0.15) is 43.2 Å². The van der Waals surface area contributed by atoms with Crippen LogP contribution in [0.2, 0.25) is 0 Å². The number of ether oxygens (including phenoxy) is 2. The van der Waals surface area contributed by atoms with E-state index in [0.29, 0.717) is 19.4 Å². The van der Waals surface area contributed by atoms with E-state index >= 15 is 0 Å². The molecule has 0 aliphatic carbocycles. The highest BCUT2D eigenvalue weighted by Crippen LogP contribution is 2.17. The van der Waals surface area contributed by atoms with Crippen molar-refractivity contribution in [2.45, 2.75) is 45.0 Å². The van der Waals surface area contributed by atoms with Crippen molar-refractivity contribution in [2.75, 3.05) is 6.61 Å². The van der Waals surface area contributed by atoms with E-state index in [1.165, 1.54) is 6.42 Å². The zero-order chi connectivity index (χ0) is 14.5. The monoisotopic (exact) mass is 288 g/mol. The van der Waals surface area contributed by atoms with Crippen LogP contribution >= 0.6 is 0 Å². The number of carbonyl (C=O) groups is 1. The SMILES string of the molecule is O=C1CCC(c2ccc(COC3CCCCO3)cc2)=NN1. The molecule has 1 fully saturated rings. The first kappa shape index (κ1) is 14.2. The molecule has 0 spiro atoms. The second kappa shape index (κ2) is 6.83. The van der Waals surface area contributed by atoms with Gasteiger partial charge in [-0.2, -0.15) is 5.10 Å². The lowest BCUT2D eigenvalue weighted by molar-refractivity contribution is -0.168. The number of hydrazone groups is 1. The molecule has 0 radical (unpaired) electrons. The Morgan fingerprint density at radius 3 is 2.76 bits per heavy atom. The van der Waals surface area contributed by atoms with Crippen LogP contribution in [0.4, 0.5) is 0 Å². The van der Waals surface area contributed by atoms with E-state index in [2.05, 4.69) is 10.5 Å². The lowest BCUT2D eigenvalue weighted by Gasteiger charge is -2.22. The Bertz CT molecular complexity index is 519. The summed E-state index contributed by atoms with van der Waals surface area (Å²) in [6.07, 6.45) is 4.42. The van der Waals surface area contributed by atoms with Gasteiger partial charge in [-0.05, 0) is 30.4 Å². The number of carbonyl (C=O) groups excluding carboxylic acids is 1. The van der Waals surface area contributed by atoms with Crippen LogP contribution in [0.25, 0.3) is 0 Å². The molecule has 1 amide bonds. The molecule has 2 aliphatic rings. The summed E-state index contributed by atoms with van der Waals surface area (Å²) in [5.74, 6) is -0.0174. The summed E-state index contributed by atoms with van der Waals surface area (Å²) in [5, 5.41) is 4.10. The van der Waals surface area contributed by atoms with Gasteiger partial charge in [0.25, 0.3) is 0 Å². The normalized spacial score (nSPS) is 22.6. The predicted molar refractivity (Wildman–Crippen MR) is 78.7 cm³/mol. The van der Waals surface area contributed by atoms with Crippen molar-refractivity contribution in [1.82, 2.24) is 5.43 Å². The molecule has 1 aromatic rings. The summed E-state index contributed by atoms with van der Waals surface area (Å²) in [7, 11) is 0. The molecule has 1 N–H and O–H groups in total. The minimum absolute atomic E-state index is 0.0174. The highest BCUT2D eigenvalue weighted by molar-refractivity contribution is 6.04. The van der Waals surface area contributed by atoms with Crippen molar-refractivity contribution < 1.29 is 14.3 Å². The fourth-order valence-electron chi connectivity index (χ4n) is 2.51. The molecule has 3 rings (SSSR count). The molecule has 21 heavy (non-hydrogen) atoms. The summed E-state index contributed by atoms with van der Waals surface area (Å²) in [4.78, 5) is 11.1. The van der Waals surface area contributed by atoms with Crippen LogP contribution in [0.15, 0.2) is 29.4 Å². The average molecular weight is 288 g/mol. The smallest absolute Gasteiger partial charge is 0.240 e. The lowest BCUT2D eigenvalue weighted by atomic mass is 10.0. The fraction of sp³-hybridized carbons (Fsp3) is 0.500. The van der Waals surface area contributed by atoms with Gasteiger partial charge in [0.2, 0.25) is 5.91 Å². The van der Waals surface area contributed by atoms with Crippen LogP contribution in [-0.4, -0.2) is 24.5 Å². The summed E-state index contributed by atoms with van der Waals surface area (Å²) in [6.45, 7) is 1.36. The summed E-state index contributed by atoms with van der Waals surface area (Å²) in [6, 6.07) is 8.13. The van der Waals surface area contributed by atoms with Crippen LogP contribution < -0.4 is 5.43 Å². The quantitative estimate of drug-likeness (QED) is 0.925. The number of nitrogens with one attached hydrogen (secondary N) is 1. The molecule has 1 aromatic carbocycles. The number of nitrogens with zero attached hydrogens (tertiary/aromatic N) is 1. The van der Waals surface area contributed by atoms with E-state index in [4.69, 9.17) is 9.47 Å². The highest BCUT2D eigenvalue weighted by Gasteiger charge is 2.15. The average Bonchev–Trinajstić information content (AvgIpc) is 2.55. The van der Waals surface area contributed by atoms with E-state index in [9.17, 15) is 4.79 Å². The highest BCUT2D eigenvalue weighted by atomic mass is 16.7. The van der Waals surface area contributed by atoms with Crippen molar-refractivity contribution in [3.63, 3.8) is 0 Å². The fourth-order valence-corrected chi connectivity index (χ4v) is 2.51. The maximum absolute atomic E-state index is 11.1. The molecule has 5 nitrogen and oxygen atoms in total. The maximum atomic E-state index is 11.1. The summed E-state index contributed by atoms with van der Waals surface area (Å²) < 4.78 is 11.3. The van der Waals surface area contributed by atoms with E-state index < -0.39 is 0 Å². The lowest BCUT2D eigenvalue weighted by Crippen LogP contribution is -2.25. The Kier molecular flexibility index (Phi) is 4.62. The van der Waals surface area contributed by atoms with E-state index in [1.54, 1.807) is 0 Å². The Labute approximate surface area is 124 Å². The predicted octanol–water partition coefficient (Wildman–Crippen LogP) is 2.34. The second-order valence-electron chi connectivity index (χ2n) is 5.40. The Morgan fingerprint density at radius 1 is 1.24 bits per heavy atom. The first-order chi connectivity index (χ1) is 10.3. The van der Waals surface area contributed by atoms with Crippen molar-refractivity contribution in [1.29, 1.82) is 0 Å². The second-order valence-corrected chi connectivity index (χ2v) is 5.40. The number of amides is 1. The van der Waals surface area contributed by atoms with Gasteiger partial charge in [-0.1, -0.05) is 24.3 Å². The molecule has 1 unspecified atom stereocenters. The summed E-state index contributed by atoms with van der Waals surface area (Å²) in [5.41, 5.74) is 5.62. The molecular weight excluding hydrogens is 268 g/mol. The minimum atomic E-state index is -0.0589. The van der Waals surface area contributed by atoms with Gasteiger partial charge in [-0.3, -0.25) is 4.79 Å². The van der Waals surface area contributed by atoms with Crippen molar-refractivity contribution in [2.24, 2.45) is 5.10 Å². The third-order valence-corrected chi connectivity index (χ3v) is 3.77. The standard InChI is InChI=1S/C16H20N2O3/c19-15-9-8-14(17-18-15)13-6-4-12(5-7-13)11-21-16-3-1-2-10-20-16/h4-7,16H,1-3,8-11H2,(H,18,19). The molecule has 0 bridgehead atoms. The van der Waals surface area contributed by atoms with E-state index in [0.717, 1.165) is 36.3 Å². The molecule has 5 heteroatoms. The zero-order valence-corrected chi connectivity index (χ0v) is 12.0. The number of benzene rings is 1. The number of rotatable bonds is 4. The third-order valence-electron chi connectivity index (χ3n) is 3.77. The van der Waals surface area contributed by atoms with Gasteiger partial charge in [0, 0.05) is 19.4 Å². The van der Waals surface area contributed by atoms with Gasteiger partial charge in [-0.25, -0.2) is 5.43 Å². The molecule has 2 aliphatic heterocycles. The Hall–Kier alpha value is -1.72. The first-order valence-electron chi connectivity index (χ1n) is 7.49. The zero-order valence-electron chi connectivity index (χ0n) is 12.0. The van der Waals surface area contributed by atoms with Gasteiger partial charge in [-0.15, -0.1) is 0 Å². The van der Waals surface area contributed by atoms with Gasteiger partial charge in [0.1, 0.15) is 0 Å². The molecular formula is C16H20N2O3. The van der Waals surface area contributed by atoms with Crippen LogP contribution in [0, 0.1) is 0 Å². The van der Waals surface area contributed by atoms with Crippen molar-refractivity contribution in [3.05, 3.63) is 35.4 Å². The van der Waals surface area contributed by atoms with E-state index in [1.807, 2.05) is 24.3 Å². The molecule has 1 saturated heterocycles. The topological polar surface area (TPSA) is 59.9 Å². The molecule has 2 heterocycles. The number of hydrogen-bond acceptors (Lipinski definition) is 4. The van der Waals surface area contributed by atoms with E-state index in [-0.39, 0.29) is 12.2 Å². The van der Waals surface area contributed by atoms with Gasteiger partial charge < -0.3 is 9.47 Å². The first-order valence-corrected chi connectivity index (χ1v) is 7.49. The minimum Gasteiger partial charge on any atom is -0.353 e. The molecule has 1 atom stereocenters. The van der Waals surface area contributed by atoms with Crippen LogP contribution in [0.3, 0.4) is 0 Å². The van der Waals surface area contributed by atoms with Gasteiger partial charge in [0.15, 0.2) is 6.29 Å². The van der Waals surface area contributed by atoms with Crippen LogP contribution in [0.5, 0.6) is 0 Å². The van der Waals surface area contributed by atoms with Gasteiger partial charge >= 0.3 is 0 Å². The largest absolute Gasteiger partial charge is 0.353 e. The molecule has 112 valence electrons. The molecule has 0 aromatic heterocycles. The van der Waals surface area contributed by atoms with Crippen molar-refractivity contribution >= 4 is 11.6 Å². The third kappa shape index (κ3) is 3.89. The summed E-state index contributed by atoms with van der Waals surface area (Å²) >= 11 is 0. The Balaban J connectivity index is 1.55.